The van der Waals surface area contributed by atoms with Crippen LogP contribution in [0.25, 0.3) is 5.57 Å². The Kier molecular flexibility index (Phi) is 5.60. The summed E-state index contributed by atoms with van der Waals surface area (Å²) in [7, 11) is 0. The molecule has 0 bridgehead atoms. The van der Waals surface area contributed by atoms with Gasteiger partial charge in [-0.25, -0.2) is 0 Å². The van der Waals surface area contributed by atoms with Crippen molar-refractivity contribution in [3.05, 3.63) is 54.1 Å². The highest BCUT2D eigenvalue weighted by molar-refractivity contribution is 14.1. The molecule has 74 valence electrons. The van der Waals surface area contributed by atoms with Crippen molar-refractivity contribution >= 4 is 28.2 Å². The second-order valence-corrected chi connectivity index (χ2v) is 3.87. The molecule has 14 heavy (non-hydrogen) atoms. The summed E-state index contributed by atoms with van der Waals surface area (Å²) in [5.74, 6) is 0. The van der Waals surface area contributed by atoms with Crippen molar-refractivity contribution in [3.63, 3.8) is 0 Å². The lowest BCUT2D eigenvalue weighted by Crippen LogP contribution is -1.80. The monoisotopic (exact) mass is 298 g/mol. The smallest absolute Gasteiger partial charge is 0.0179 e. The number of hydrogen-bond acceptors (Lipinski definition) is 0. The summed E-state index contributed by atoms with van der Waals surface area (Å²) >= 11 is 2.35. The summed E-state index contributed by atoms with van der Waals surface area (Å²) in [5, 5.41) is 0. The maximum Gasteiger partial charge on any atom is 0.0179 e. The minimum Gasteiger partial charge on any atom is -0.0818 e. The predicted molar refractivity (Wildman–Crippen MR) is 72.7 cm³/mol. The van der Waals surface area contributed by atoms with Crippen LogP contribution in [-0.4, -0.2) is 4.43 Å². The Morgan fingerprint density at radius 3 is 2.57 bits per heavy atom. The predicted octanol–water partition coefficient (Wildman–Crippen LogP) is 4.47. The van der Waals surface area contributed by atoms with Gasteiger partial charge in [0.25, 0.3) is 0 Å². The summed E-state index contributed by atoms with van der Waals surface area (Å²) in [6, 6.07) is 10.5. The third-order valence-electron chi connectivity index (χ3n) is 1.92. The molecular formula is C13H15I. The second-order valence-electron chi connectivity index (χ2n) is 2.99. The first kappa shape index (κ1) is 11.5. The second kappa shape index (κ2) is 6.82. The molecule has 0 aliphatic carbocycles. The molecule has 0 aliphatic heterocycles. The summed E-state index contributed by atoms with van der Waals surface area (Å²) in [6.07, 6.45) is 7.73. The van der Waals surface area contributed by atoms with Gasteiger partial charge in [-0.05, 0) is 17.6 Å². The van der Waals surface area contributed by atoms with Crippen LogP contribution < -0.4 is 0 Å². The zero-order chi connectivity index (χ0) is 10.2. The zero-order valence-electron chi connectivity index (χ0n) is 8.41. The first-order valence-corrected chi connectivity index (χ1v) is 6.39. The summed E-state index contributed by atoms with van der Waals surface area (Å²) in [6.45, 7) is 2.17. The average molecular weight is 298 g/mol. The molecule has 0 aromatic heterocycles. The number of benzene rings is 1. The van der Waals surface area contributed by atoms with E-state index in [0.717, 1.165) is 10.8 Å². The highest BCUT2D eigenvalue weighted by Gasteiger charge is 1.94. The molecule has 0 atom stereocenters. The first-order chi connectivity index (χ1) is 6.88. The van der Waals surface area contributed by atoms with Crippen molar-refractivity contribution in [2.75, 3.05) is 4.43 Å². The fourth-order valence-electron chi connectivity index (χ4n) is 1.30. The molecule has 1 heteroatoms. The third kappa shape index (κ3) is 3.66. The van der Waals surface area contributed by atoms with Gasteiger partial charge in [0.2, 0.25) is 0 Å². The Labute approximate surface area is 99.9 Å². The molecule has 0 saturated heterocycles. The van der Waals surface area contributed by atoms with Crippen LogP contribution in [0.2, 0.25) is 0 Å². The van der Waals surface area contributed by atoms with Crippen molar-refractivity contribution < 1.29 is 0 Å². The van der Waals surface area contributed by atoms with Crippen molar-refractivity contribution in [1.82, 2.24) is 0 Å². The highest BCUT2D eigenvalue weighted by atomic mass is 127. The van der Waals surface area contributed by atoms with Crippen LogP contribution in [0, 0.1) is 0 Å². The molecular weight excluding hydrogens is 283 g/mol. The zero-order valence-corrected chi connectivity index (χ0v) is 10.6. The maximum absolute atomic E-state index is 2.35. The lowest BCUT2D eigenvalue weighted by atomic mass is 10.0. The Bertz CT molecular complexity index is 309. The van der Waals surface area contributed by atoms with Crippen LogP contribution >= 0.6 is 22.6 Å². The first-order valence-electron chi connectivity index (χ1n) is 4.86. The Hall–Kier alpha value is -0.570. The van der Waals surface area contributed by atoms with Gasteiger partial charge in [0, 0.05) is 4.43 Å². The summed E-state index contributed by atoms with van der Waals surface area (Å²) in [5.41, 5.74) is 2.63. The largest absolute Gasteiger partial charge is 0.0818 e. The van der Waals surface area contributed by atoms with Crippen LogP contribution in [0.4, 0.5) is 0 Å². The fourth-order valence-corrected chi connectivity index (χ4v) is 1.56. The topological polar surface area (TPSA) is 0 Å². The fraction of sp³-hybridized carbons (Fsp3) is 0.231. The van der Waals surface area contributed by atoms with E-state index in [2.05, 4.69) is 78.1 Å². The van der Waals surface area contributed by atoms with Gasteiger partial charge in [0.1, 0.15) is 0 Å². The summed E-state index contributed by atoms with van der Waals surface area (Å²) in [4.78, 5) is 0. The minimum atomic E-state index is 1.06. The van der Waals surface area contributed by atoms with Crippen molar-refractivity contribution in [1.29, 1.82) is 0 Å². The van der Waals surface area contributed by atoms with E-state index in [1.165, 1.54) is 11.1 Å². The number of alkyl halides is 1. The van der Waals surface area contributed by atoms with Crippen molar-refractivity contribution in [2.24, 2.45) is 0 Å². The van der Waals surface area contributed by atoms with Gasteiger partial charge in [-0.1, -0.05) is 78.1 Å². The van der Waals surface area contributed by atoms with E-state index in [1.807, 2.05) is 0 Å². The van der Waals surface area contributed by atoms with Gasteiger partial charge in [0.05, 0.1) is 0 Å². The van der Waals surface area contributed by atoms with Crippen molar-refractivity contribution in [3.8, 4) is 0 Å². The van der Waals surface area contributed by atoms with Gasteiger partial charge < -0.3 is 0 Å². The molecule has 1 rings (SSSR count). The van der Waals surface area contributed by atoms with E-state index >= 15 is 0 Å². The Morgan fingerprint density at radius 2 is 2.00 bits per heavy atom. The number of hydrogen-bond donors (Lipinski definition) is 0. The molecule has 0 aliphatic rings. The Balaban J connectivity index is 2.90. The quantitative estimate of drug-likeness (QED) is 0.437. The van der Waals surface area contributed by atoms with Gasteiger partial charge in [-0.15, -0.1) is 0 Å². The molecule has 0 spiro atoms. The minimum absolute atomic E-state index is 1.06. The Morgan fingerprint density at radius 1 is 1.29 bits per heavy atom. The van der Waals surface area contributed by atoms with Crippen LogP contribution in [-0.2, 0) is 0 Å². The molecule has 0 N–H and O–H groups in total. The van der Waals surface area contributed by atoms with Gasteiger partial charge >= 0.3 is 0 Å². The van der Waals surface area contributed by atoms with Crippen LogP contribution in [0.5, 0.6) is 0 Å². The molecule has 1 aromatic rings. The van der Waals surface area contributed by atoms with Crippen molar-refractivity contribution in [2.45, 2.75) is 13.3 Å². The summed E-state index contributed by atoms with van der Waals surface area (Å²) < 4.78 is 1.06. The number of rotatable bonds is 4. The number of allylic oxidation sites excluding steroid dienone is 4. The van der Waals surface area contributed by atoms with Crippen LogP contribution in [0.1, 0.15) is 18.9 Å². The van der Waals surface area contributed by atoms with E-state index in [4.69, 9.17) is 0 Å². The molecule has 0 heterocycles. The van der Waals surface area contributed by atoms with Crippen LogP contribution in [0.3, 0.4) is 0 Å². The molecule has 0 fully saturated rings. The molecule has 0 saturated carbocycles. The normalized spacial score (nSPS) is 12.3. The van der Waals surface area contributed by atoms with Gasteiger partial charge in [-0.2, -0.15) is 0 Å². The lowest BCUT2D eigenvalue weighted by Gasteiger charge is -2.01. The molecule has 0 radical (unpaired) electrons. The standard InChI is InChI=1S/C13H15I/c1-2-7-12(10-6-11-14)13-8-4-3-5-9-13/h3-10H,2,11H2,1H3/b10-6-,12-7+. The lowest BCUT2D eigenvalue weighted by molar-refractivity contribution is 1.23. The van der Waals surface area contributed by atoms with E-state index in [0.29, 0.717) is 0 Å². The number of halogens is 1. The molecule has 1 aromatic carbocycles. The van der Waals surface area contributed by atoms with E-state index < -0.39 is 0 Å². The van der Waals surface area contributed by atoms with E-state index in [-0.39, 0.29) is 0 Å². The molecule has 0 nitrogen and oxygen atoms in total. The van der Waals surface area contributed by atoms with Gasteiger partial charge in [0.15, 0.2) is 0 Å². The van der Waals surface area contributed by atoms with Gasteiger partial charge in [-0.3, -0.25) is 0 Å². The highest BCUT2D eigenvalue weighted by Crippen LogP contribution is 2.16. The maximum atomic E-state index is 2.35. The average Bonchev–Trinajstić information content (AvgIpc) is 2.25. The van der Waals surface area contributed by atoms with E-state index in [9.17, 15) is 0 Å². The SMILES string of the molecule is CC/C=C(\C=C/CI)c1ccccc1. The van der Waals surface area contributed by atoms with E-state index in [1.54, 1.807) is 0 Å². The van der Waals surface area contributed by atoms with Crippen LogP contribution in [0.15, 0.2) is 48.6 Å². The molecule has 0 unspecified atom stereocenters. The molecule has 0 amide bonds. The third-order valence-corrected chi connectivity index (χ3v) is 2.43.